The molecule has 6 heteroatoms. The molecule has 0 radical (unpaired) electrons. The van der Waals surface area contributed by atoms with E-state index in [4.69, 9.17) is 15.7 Å². The minimum absolute atomic E-state index is 0.133. The highest BCUT2D eigenvalue weighted by Gasteiger charge is 2.16. The zero-order valence-electron chi connectivity index (χ0n) is 13.2. The lowest BCUT2D eigenvalue weighted by atomic mass is 10.0. The van der Waals surface area contributed by atoms with Gasteiger partial charge in [0, 0.05) is 25.0 Å². The van der Waals surface area contributed by atoms with Crippen LogP contribution in [0.15, 0.2) is 29.4 Å². The summed E-state index contributed by atoms with van der Waals surface area (Å²) in [6.45, 7) is 2.77. The van der Waals surface area contributed by atoms with Gasteiger partial charge in [-0.25, -0.2) is 0 Å². The zero-order chi connectivity index (χ0) is 15.8. The molecule has 0 spiro atoms. The molecular weight excluding hydrogens is 268 g/mol. The minimum Gasteiger partial charge on any atom is -0.497 e. The summed E-state index contributed by atoms with van der Waals surface area (Å²) >= 11 is 0. The number of nitrogens with two attached hydrogens (primary N) is 1. The van der Waals surface area contributed by atoms with Gasteiger partial charge in [-0.2, -0.15) is 0 Å². The summed E-state index contributed by atoms with van der Waals surface area (Å²) in [7, 11) is 5.75. The number of ether oxygens (including phenoxy) is 1. The molecule has 118 valence electrons. The van der Waals surface area contributed by atoms with Gasteiger partial charge in [0.05, 0.1) is 7.11 Å². The quantitative estimate of drug-likeness (QED) is 0.292. The number of hydrogen-bond acceptors (Lipinski definition) is 5. The Kier molecular flexibility index (Phi) is 6.98. The average Bonchev–Trinajstić information content (AvgIpc) is 2.47. The fraction of sp³-hybridized carbons (Fsp3) is 0.533. The highest BCUT2D eigenvalue weighted by atomic mass is 16.5. The lowest BCUT2D eigenvalue weighted by Crippen LogP contribution is -2.37. The monoisotopic (exact) mass is 294 g/mol. The molecule has 0 fully saturated rings. The van der Waals surface area contributed by atoms with Crippen molar-refractivity contribution in [1.82, 2.24) is 10.2 Å². The fourth-order valence-corrected chi connectivity index (χ4v) is 2.19. The molecule has 0 saturated carbocycles. The third-order valence-electron chi connectivity index (χ3n) is 3.41. The summed E-state index contributed by atoms with van der Waals surface area (Å²) in [6, 6.07) is 8.41. The minimum atomic E-state index is 0.133. The van der Waals surface area contributed by atoms with Crippen molar-refractivity contribution in [3.05, 3.63) is 29.8 Å². The molecular formula is C15H26N4O2. The van der Waals surface area contributed by atoms with Gasteiger partial charge in [-0.15, -0.1) is 0 Å². The van der Waals surface area contributed by atoms with Crippen molar-refractivity contribution in [2.75, 3.05) is 27.7 Å². The van der Waals surface area contributed by atoms with Crippen molar-refractivity contribution >= 4 is 5.84 Å². The highest BCUT2D eigenvalue weighted by molar-refractivity contribution is 5.80. The Hall–Kier alpha value is -1.79. The Morgan fingerprint density at radius 2 is 2.19 bits per heavy atom. The third kappa shape index (κ3) is 5.61. The van der Waals surface area contributed by atoms with Crippen molar-refractivity contribution < 1.29 is 9.94 Å². The van der Waals surface area contributed by atoms with E-state index in [0.717, 1.165) is 12.3 Å². The standard InChI is InChI=1S/C15H26N4O2/c1-11(8-15(16)18-20)17-10-14(19(2)3)12-6-5-7-13(9-12)21-4/h5-7,9,11,14,17,20H,8,10H2,1-4H3,(H2,16,18). The molecule has 1 rings (SSSR count). The van der Waals surface area contributed by atoms with Crippen molar-refractivity contribution in [1.29, 1.82) is 0 Å². The molecule has 4 N–H and O–H groups in total. The van der Waals surface area contributed by atoms with E-state index in [2.05, 4.69) is 21.4 Å². The average molecular weight is 294 g/mol. The Labute approximate surface area is 126 Å². The van der Waals surface area contributed by atoms with Crippen LogP contribution in [0.2, 0.25) is 0 Å². The summed E-state index contributed by atoms with van der Waals surface area (Å²) in [4.78, 5) is 2.15. The lowest BCUT2D eigenvalue weighted by Gasteiger charge is -2.27. The molecule has 2 unspecified atom stereocenters. The van der Waals surface area contributed by atoms with Crippen molar-refractivity contribution in [2.24, 2.45) is 10.9 Å². The molecule has 0 heterocycles. The van der Waals surface area contributed by atoms with Gasteiger partial charge in [-0.1, -0.05) is 17.3 Å². The molecule has 0 aliphatic carbocycles. The van der Waals surface area contributed by atoms with Crippen molar-refractivity contribution in [2.45, 2.75) is 25.4 Å². The first-order valence-corrected chi connectivity index (χ1v) is 6.98. The van der Waals surface area contributed by atoms with Crippen LogP contribution in [-0.2, 0) is 0 Å². The molecule has 2 atom stereocenters. The smallest absolute Gasteiger partial charge is 0.140 e. The third-order valence-corrected chi connectivity index (χ3v) is 3.41. The topological polar surface area (TPSA) is 83.1 Å². The first-order chi connectivity index (χ1) is 9.97. The van der Waals surface area contributed by atoms with Crippen LogP contribution in [0.3, 0.4) is 0 Å². The second-order valence-electron chi connectivity index (χ2n) is 5.36. The Morgan fingerprint density at radius 3 is 2.76 bits per heavy atom. The van der Waals surface area contributed by atoms with E-state index >= 15 is 0 Å². The number of nitrogens with one attached hydrogen (secondary N) is 1. The summed E-state index contributed by atoms with van der Waals surface area (Å²) in [6.07, 6.45) is 0.509. The fourth-order valence-electron chi connectivity index (χ4n) is 2.19. The van der Waals surface area contributed by atoms with Gasteiger partial charge in [0.1, 0.15) is 11.6 Å². The van der Waals surface area contributed by atoms with Crippen LogP contribution in [0.25, 0.3) is 0 Å². The maximum Gasteiger partial charge on any atom is 0.140 e. The van der Waals surface area contributed by atoms with E-state index in [1.165, 1.54) is 5.56 Å². The number of methoxy groups -OCH3 is 1. The van der Waals surface area contributed by atoms with Crippen LogP contribution in [0, 0.1) is 0 Å². The second kappa shape index (κ2) is 8.49. The van der Waals surface area contributed by atoms with E-state index in [-0.39, 0.29) is 17.9 Å². The maximum atomic E-state index is 8.60. The molecule has 0 bridgehead atoms. The van der Waals surface area contributed by atoms with Gasteiger partial charge in [0.2, 0.25) is 0 Å². The second-order valence-corrected chi connectivity index (χ2v) is 5.36. The van der Waals surface area contributed by atoms with Crippen LogP contribution < -0.4 is 15.8 Å². The number of rotatable bonds is 8. The van der Waals surface area contributed by atoms with Crippen LogP contribution in [0.1, 0.15) is 24.9 Å². The summed E-state index contributed by atoms with van der Waals surface area (Å²) < 4.78 is 5.28. The number of hydrogen-bond donors (Lipinski definition) is 3. The number of nitrogens with zero attached hydrogens (tertiary/aromatic N) is 2. The summed E-state index contributed by atoms with van der Waals surface area (Å²) in [5, 5.41) is 15.0. The van der Waals surface area contributed by atoms with Crippen LogP contribution in [0.4, 0.5) is 0 Å². The van der Waals surface area contributed by atoms with Gasteiger partial charge < -0.3 is 25.9 Å². The maximum absolute atomic E-state index is 8.60. The Balaban J connectivity index is 2.69. The first-order valence-electron chi connectivity index (χ1n) is 6.98. The molecule has 6 nitrogen and oxygen atoms in total. The van der Waals surface area contributed by atoms with E-state index in [1.807, 2.05) is 39.2 Å². The highest BCUT2D eigenvalue weighted by Crippen LogP contribution is 2.22. The summed E-state index contributed by atoms with van der Waals surface area (Å²) in [5.41, 5.74) is 6.71. The predicted octanol–water partition coefficient (Wildman–Crippen LogP) is 1.41. The van der Waals surface area contributed by atoms with Gasteiger partial charge in [-0.3, -0.25) is 0 Å². The van der Waals surface area contributed by atoms with Gasteiger partial charge >= 0.3 is 0 Å². The lowest BCUT2D eigenvalue weighted by molar-refractivity contribution is 0.280. The van der Waals surface area contributed by atoms with Crippen LogP contribution in [0.5, 0.6) is 5.75 Å². The number of benzene rings is 1. The SMILES string of the molecule is COc1cccc(C(CNC(C)CC(N)=NO)N(C)C)c1. The van der Waals surface area contributed by atoms with Gasteiger partial charge in [-0.05, 0) is 38.7 Å². The molecule has 21 heavy (non-hydrogen) atoms. The van der Waals surface area contributed by atoms with Gasteiger partial charge in [0.25, 0.3) is 0 Å². The van der Waals surface area contributed by atoms with Crippen LogP contribution >= 0.6 is 0 Å². The van der Waals surface area contributed by atoms with E-state index in [0.29, 0.717) is 6.42 Å². The molecule has 0 saturated heterocycles. The first kappa shape index (κ1) is 17.3. The van der Waals surface area contributed by atoms with Crippen molar-refractivity contribution in [3.63, 3.8) is 0 Å². The van der Waals surface area contributed by atoms with Gasteiger partial charge in [0.15, 0.2) is 0 Å². The normalized spacial score (nSPS) is 15.0. The molecule has 1 aromatic rings. The van der Waals surface area contributed by atoms with Crippen molar-refractivity contribution in [3.8, 4) is 5.75 Å². The molecule has 1 aromatic carbocycles. The number of oxime groups is 1. The zero-order valence-corrected chi connectivity index (χ0v) is 13.2. The largest absolute Gasteiger partial charge is 0.497 e. The van der Waals surface area contributed by atoms with Crippen LogP contribution in [-0.4, -0.2) is 49.7 Å². The molecule has 0 aliphatic heterocycles. The number of likely N-dealkylation sites (N-methyl/N-ethyl adjacent to an activating group) is 1. The van der Waals surface area contributed by atoms with E-state index < -0.39 is 0 Å². The number of amidine groups is 1. The molecule has 0 aliphatic rings. The van der Waals surface area contributed by atoms with E-state index in [9.17, 15) is 0 Å². The molecule has 0 amide bonds. The van der Waals surface area contributed by atoms with E-state index in [1.54, 1.807) is 7.11 Å². The predicted molar refractivity (Wildman–Crippen MR) is 84.9 cm³/mol. The molecule has 0 aromatic heterocycles. The summed E-state index contributed by atoms with van der Waals surface area (Å²) in [5.74, 6) is 1.09. The Morgan fingerprint density at radius 1 is 1.48 bits per heavy atom. The Bertz CT molecular complexity index is 463.